The van der Waals surface area contributed by atoms with Crippen molar-refractivity contribution in [2.24, 2.45) is 0 Å². The van der Waals surface area contributed by atoms with Crippen LogP contribution in [0.2, 0.25) is 0 Å². The SMILES string of the molecule is ClC[Cl+]CCl. The van der Waals surface area contributed by atoms with Crippen LogP contribution in [0, 0.1) is 10.8 Å². The summed E-state index contributed by atoms with van der Waals surface area (Å²) in [6.45, 7) is 0. The van der Waals surface area contributed by atoms with Crippen LogP contribution in [0.5, 0.6) is 0 Å². The van der Waals surface area contributed by atoms with E-state index in [4.69, 9.17) is 23.2 Å². The first-order chi connectivity index (χ1) is 2.41. The fraction of sp³-hybridized carbons (Fsp3) is 1.00. The van der Waals surface area contributed by atoms with Crippen LogP contribution in [-0.4, -0.2) is 10.7 Å². The third-order valence-electron chi connectivity index (χ3n) is 0.143. The van der Waals surface area contributed by atoms with Gasteiger partial charge in [0.05, 0.1) is 0 Å². The van der Waals surface area contributed by atoms with E-state index in [1.54, 1.807) is 0 Å². The molecule has 0 fully saturated rings. The molecular formula is C2H4Cl3+. The van der Waals surface area contributed by atoms with Crippen molar-refractivity contribution in [2.45, 2.75) is 0 Å². The van der Waals surface area contributed by atoms with Gasteiger partial charge in [-0.15, -0.1) is 0 Å². The molecule has 0 aliphatic rings. The standard InChI is InChI=1S/C2H4Cl3/c3-1-5-2-4/h1-2H2/q+1. The fourth-order valence-corrected chi connectivity index (χ4v) is 0.729. The molecule has 0 aromatic carbocycles. The molecule has 0 aromatic heterocycles. The molecule has 0 aliphatic heterocycles. The van der Waals surface area contributed by atoms with Crippen LogP contribution in [0.25, 0.3) is 0 Å². The lowest BCUT2D eigenvalue weighted by molar-refractivity contribution is -0.621. The third kappa shape index (κ3) is 4.87. The first-order valence-corrected chi connectivity index (χ1v) is 3.21. The normalized spacial score (nSPS) is 8.40. The largest absolute Gasteiger partial charge is 0.246 e. The zero-order chi connectivity index (χ0) is 4.12. The maximum absolute atomic E-state index is 5.16. The van der Waals surface area contributed by atoms with Gasteiger partial charge < -0.3 is 0 Å². The Morgan fingerprint density at radius 1 is 1.20 bits per heavy atom. The van der Waals surface area contributed by atoms with Crippen LogP contribution in [0.15, 0.2) is 0 Å². The van der Waals surface area contributed by atoms with E-state index in [0.717, 1.165) is 0 Å². The van der Waals surface area contributed by atoms with Gasteiger partial charge in [0.1, 0.15) is 0 Å². The lowest BCUT2D eigenvalue weighted by Gasteiger charge is -1.57. The number of hydrogen-bond donors (Lipinski definition) is 0. The molecule has 0 saturated heterocycles. The quantitative estimate of drug-likeness (QED) is 0.502. The van der Waals surface area contributed by atoms with Gasteiger partial charge in [-0.05, 0) is 0 Å². The number of alkyl halides is 4. The van der Waals surface area contributed by atoms with Gasteiger partial charge in [0.2, 0.25) is 10.7 Å². The maximum atomic E-state index is 5.16. The van der Waals surface area contributed by atoms with Gasteiger partial charge in [-0.3, -0.25) is 0 Å². The molecular weight excluding hydrogens is 130 g/mol. The Labute approximate surface area is 45.2 Å². The van der Waals surface area contributed by atoms with E-state index >= 15 is 0 Å². The van der Waals surface area contributed by atoms with Crippen molar-refractivity contribution in [3.05, 3.63) is 0 Å². The molecule has 0 radical (unpaired) electrons. The Balaban J connectivity index is 2.19. The van der Waals surface area contributed by atoms with Crippen molar-refractivity contribution in [3.8, 4) is 0 Å². The second-order valence-corrected chi connectivity index (χ2v) is 2.39. The summed E-state index contributed by atoms with van der Waals surface area (Å²) >= 11 is 10.3. The average Bonchev–Trinajstić information content (AvgIpc) is 1.41. The zero-order valence-electron chi connectivity index (χ0n) is 2.55. The van der Waals surface area contributed by atoms with E-state index in [9.17, 15) is 0 Å². The molecule has 5 heavy (non-hydrogen) atoms. The van der Waals surface area contributed by atoms with Crippen LogP contribution in [0.3, 0.4) is 0 Å². The van der Waals surface area contributed by atoms with Gasteiger partial charge in [-0.2, -0.15) is 0 Å². The van der Waals surface area contributed by atoms with E-state index < -0.39 is 0 Å². The molecule has 0 heterocycles. The predicted molar refractivity (Wildman–Crippen MR) is 21.4 cm³/mol. The molecule has 0 atom stereocenters. The Bertz CT molecular complexity index is 12.4. The molecule has 0 spiro atoms. The van der Waals surface area contributed by atoms with E-state index in [0.29, 0.717) is 10.7 Å². The minimum Gasteiger partial charge on any atom is -0.0567 e. The Hall–Kier alpha value is 0.870. The topological polar surface area (TPSA) is 0 Å². The second kappa shape index (κ2) is 4.87. The summed E-state index contributed by atoms with van der Waals surface area (Å²) in [5.41, 5.74) is 0. The molecule has 32 valence electrons. The first kappa shape index (κ1) is 5.87. The average molecular weight is 134 g/mol. The highest BCUT2D eigenvalue weighted by molar-refractivity contribution is 6.18. The highest BCUT2D eigenvalue weighted by Crippen LogP contribution is 1.81. The van der Waals surface area contributed by atoms with Crippen LogP contribution >= 0.6 is 23.2 Å². The highest BCUT2D eigenvalue weighted by atomic mass is 35.6. The van der Waals surface area contributed by atoms with Gasteiger partial charge in [0.15, 0.2) is 10.8 Å². The second-order valence-electron chi connectivity index (χ2n) is 0.391. The van der Waals surface area contributed by atoms with Gasteiger partial charge in [0, 0.05) is 0 Å². The lowest BCUT2D eigenvalue weighted by atomic mass is 11.9. The van der Waals surface area contributed by atoms with Crippen molar-refractivity contribution in [1.29, 1.82) is 0 Å². The summed E-state index contributed by atoms with van der Waals surface area (Å²) in [6, 6.07) is 0. The molecule has 0 N–H and O–H groups in total. The zero-order valence-corrected chi connectivity index (χ0v) is 4.82. The van der Waals surface area contributed by atoms with Crippen molar-refractivity contribution in [3.63, 3.8) is 0 Å². The van der Waals surface area contributed by atoms with Crippen LogP contribution in [0.1, 0.15) is 0 Å². The molecule has 0 aliphatic carbocycles. The Kier molecular flexibility index (Phi) is 5.72. The minimum atomic E-state index is 0.545. The fourth-order valence-electron chi connectivity index (χ4n) is 0.0270. The molecule has 3 heteroatoms. The van der Waals surface area contributed by atoms with E-state index in [-0.39, 0.29) is 0 Å². The third-order valence-corrected chi connectivity index (χ3v) is 1.29. The Morgan fingerprint density at radius 2 is 1.60 bits per heavy atom. The summed E-state index contributed by atoms with van der Waals surface area (Å²) in [5.74, 6) is 0. The summed E-state index contributed by atoms with van der Waals surface area (Å²) in [5, 5.41) is 1.09. The minimum absolute atomic E-state index is 0.545. The molecule has 0 rings (SSSR count). The smallest absolute Gasteiger partial charge is 0.0567 e. The summed E-state index contributed by atoms with van der Waals surface area (Å²) in [6.07, 6.45) is 0. The van der Waals surface area contributed by atoms with Gasteiger partial charge >= 0.3 is 0 Å². The van der Waals surface area contributed by atoms with Crippen LogP contribution in [0.4, 0.5) is 0 Å². The predicted octanol–water partition coefficient (Wildman–Crippen LogP) is 1.46. The Morgan fingerprint density at radius 3 is 1.60 bits per heavy atom. The molecule has 0 saturated carbocycles. The monoisotopic (exact) mass is 133 g/mol. The molecule has 0 amide bonds. The number of halogens is 3. The molecule has 0 aromatic rings. The lowest BCUT2D eigenvalue weighted by Crippen LogP contribution is -1.75. The summed E-state index contributed by atoms with van der Waals surface area (Å²) in [7, 11) is 1.88. The first-order valence-electron chi connectivity index (χ1n) is 1.07. The molecule has 0 nitrogen and oxygen atoms in total. The number of hydrogen-bond acceptors (Lipinski definition) is 0. The van der Waals surface area contributed by atoms with Crippen molar-refractivity contribution >= 4 is 23.2 Å². The van der Waals surface area contributed by atoms with Crippen molar-refractivity contribution in [1.82, 2.24) is 0 Å². The van der Waals surface area contributed by atoms with E-state index in [1.165, 1.54) is 0 Å². The molecule has 0 unspecified atom stereocenters. The van der Waals surface area contributed by atoms with Gasteiger partial charge in [0.25, 0.3) is 0 Å². The van der Waals surface area contributed by atoms with Gasteiger partial charge in [-0.1, -0.05) is 23.2 Å². The highest BCUT2D eigenvalue weighted by Gasteiger charge is 1.90. The summed E-state index contributed by atoms with van der Waals surface area (Å²) in [4.78, 5) is 0. The maximum Gasteiger partial charge on any atom is 0.246 e. The van der Waals surface area contributed by atoms with Gasteiger partial charge in [-0.25, -0.2) is 0 Å². The van der Waals surface area contributed by atoms with Crippen LogP contribution in [-0.2, 0) is 0 Å². The van der Waals surface area contributed by atoms with Crippen molar-refractivity contribution < 1.29 is 10.8 Å². The van der Waals surface area contributed by atoms with Crippen molar-refractivity contribution in [2.75, 3.05) is 10.7 Å². The molecule has 0 bridgehead atoms. The number of rotatable bonds is 2. The summed E-state index contributed by atoms with van der Waals surface area (Å²) < 4.78 is 0. The van der Waals surface area contributed by atoms with E-state index in [2.05, 4.69) is 0 Å². The van der Waals surface area contributed by atoms with E-state index in [1.807, 2.05) is 10.8 Å². The van der Waals surface area contributed by atoms with Crippen LogP contribution < -0.4 is 0 Å².